The number of amides is 1. The van der Waals surface area contributed by atoms with E-state index in [4.69, 9.17) is 0 Å². The van der Waals surface area contributed by atoms with Crippen LogP contribution >= 0.6 is 11.9 Å². The minimum Gasteiger partial charge on any atom is -0.342 e. The Bertz CT molecular complexity index is 1260. The summed E-state index contributed by atoms with van der Waals surface area (Å²) in [5.41, 5.74) is 2.30. The van der Waals surface area contributed by atoms with E-state index in [2.05, 4.69) is 46.0 Å². The summed E-state index contributed by atoms with van der Waals surface area (Å²) in [6.07, 6.45) is 0.524. The van der Waals surface area contributed by atoms with E-state index in [1.165, 1.54) is 24.3 Å². The number of nitrogens with one attached hydrogen (secondary N) is 3. The first-order valence-corrected chi connectivity index (χ1v) is 12.2. The Balaban J connectivity index is 0.00000361. The van der Waals surface area contributed by atoms with E-state index in [1.54, 1.807) is 11.9 Å². The summed E-state index contributed by atoms with van der Waals surface area (Å²) in [5, 5.41) is 10.4. The zero-order valence-electron chi connectivity index (χ0n) is 19.9. The normalized spacial score (nSPS) is 12.3. The maximum absolute atomic E-state index is 13.3. The largest absolute Gasteiger partial charge is 0.342 e. The summed E-state index contributed by atoms with van der Waals surface area (Å²) in [7, 11) is 0. The number of nitrogens with zero attached hydrogens (tertiary/aromatic N) is 2. The van der Waals surface area contributed by atoms with Crippen LogP contribution < -0.4 is 10.0 Å². The zero-order chi connectivity index (χ0) is 24.8. The van der Waals surface area contributed by atoms with Gasteiger partial charge in [-0.3, -0.25) is 14.6 Å². The molecule has 0 spiro atoms. The van der Waals surface area contributed by atoms with Crippen LogP contribution in [0, 0.1) is 5.82 Å². The van der Waals surface area contributed by atoms with Crippen LogP contribution in [0.5, 0.6) is 0 Å². The van der Waals surface area contributed by atoms with Crippen LogP contribution in [0.1, 0.15) is 50.0 Å². The van der Waals surface area contributed by atoms with Gasteiger partial charge < -0.3 is 5.32 Å². The molecule has 1 atom stereocenters. The summed E-state index contributed by atoms with van der Waals surface area (Å²) < 4.78 is 16.7. The molecule has 4 rings (SSSR count). The van der Waals surface area contributed by atoms with Gasteiger partial charge >= 0.3 is 0 Å². The van der Waals surface area contributed by atoms with Gasteiger partial charge in [-0.1, -0.05) is 30.3 Å². The Morgan fingerprint density at radius 3 is 2.37 bits per heavy atom. The molecule has 0 aliphatic rings. The topological polar surface area (TPSA) is 82.7 Å². The molecule has 182 valence electrons. The third-order valence-electron chi connectivity index (χ3n) is 5.11. The lowest BCUT2D eigenvalue weighted by Gasteiger charge is -2.19. The predicted molar refractivity (Wildman–Crippen MR) is 139 cm³/mol. The van der Waals surface area contributed by atoms with Crippen LogP contribution in [-0.4, -0.2) is 26.6 Å². The van der Waals surface area contributed by atoms with Crippen LogP contribution in [0.2, 0.25) is 0 Å². The quantitative estimate of drug-likeness (QED) is 0.265. The average Bonchev–Trinajstić information content (AvgIpc) is 3.34. The summed E-state index contributed by atoms with van der Waals surface area (Å²) in [6, 6.07) is 22.9. The maximum Gasteiger partial charge on any atom is 0.251 e. The third-order valence-corrected chi connectivity index (χ3v) is 6.34. The smallest absolute Gasteiger partial charge is 0.251 e. The fraction of sp³-hybridized carbons (Fsp3) is 0.222. The number of carbonyl (C=O) groups is 1. The van der Waals surface area contributed by atoms with Gasteiger partial charge in [0.15, 0.2) is 5.82 Å². The van der Waals surface area contributed by atoms with Gasteiger partial charge in [0, 0.05) is 23.0 Å². The van der Waals surface area contributed by atoms with Crippen molar-refractivity contribution >= 4 is 17.9 Å². The predicted octanol–water partition coefficient (Wildman–Crippen LogP) is 5.97. The fourth-order valence-electron chi connectivity index (χ4n) is 3.35. The SMILES string of the molecule is CC(C)(C)NSc1ccc(-c2n[nH]c(C(Cc3ccccc3)NC(=O)c3ccc(F)cc3)n2)cc1.[HH]. The first-order chi connectivity index (χ1) is 16.8. The summed E-state index contributed by atoms with van der Waals surface area (Å²) >= 11 is 1.58. The molecule has 0 aliphatic heterocycles. The lowest BCUT2D eigenvalue weighted by Crippen LogP contribution is -2.30. The zero-order valence-corrected chi connectivity index (χ0v) is 20.7. The lowest BCUT2D eigenvalue weighted by atomic mass is 10.0. The highest BCUT2D eigenvalue weighted by atomic mass is 32.2. The van der Waals surface area contributed by atoms with E-state index in [-0.39, 0.29) is 18.7 Å². The molecule has 3 N–H and O–H groups in total. The number of rotatable bonds is 8. The van der Waals surface area contributed by atoms with E-state index in [1.807, 2.05) is 54.6 Å². The van der Waals surface area contributed by atoms with Crippen molar-refractivity contribution in [3.05, 3.63) is 102 Å². The Morgan fingerprint density at radius 2 is 1.71 bits per heavy atom. The van der Waals surface area contributed by atoms with Gasteiger partial charge in [-0.05, 0) is 93.2 Å². The summed E-state index contributed by atoms with van der Waals surface area (Å²) in [4.78, 5) is 18.7. The molecule has 1 amide bonds. The molecule has 0 saturated carbocycles. The third kappa shape index (κ3) is 7.00. The molecule has 0 aliphatic carbocycles. The molecule has 1 unspecified atom stereocenters. The molecule has 3 aromatic carbocycles. The van der Waals surface area contributed by atoms with E-state index < -0.39 is 6.04 Å². The first kappa shape index (κ1) is 24.6. The number of hydrogen-bond donors (Lipinski definition) is 3. The highest BCUT2D eigenvalue weighted by Gasteiger charge is 2.21. The van der Waals surface area contributed by atoms with E-state index in [0.717, 1.165) is 16.0 Å². The number of aromatic nitrogens is 3. The van der Waals surface area contributed by atoms with Crippen molar-refractivity contribution in [1.29, 1.82) is 0 Å². The van der Waals surface area contributed by atoms with Crippen LogP contribution in [-0.2, 0) is 6.42 Å². The van der Waals surface area contributed by atoms with Crippen molar-refractivity contribution in [3.8, 4) is 11.4 Å². The molecular weight excluding hydrogens is 461 g/mol. The number of aromatic amines is 1. The standard InChI is InChI=1S/C27H28FN5OS.H2/c1-27(2,3)33-35-22-15-11-19(12-16-22)24-30-25(32-31-24)23(17-18-7-5-4-6-8-18)29-26(34)20-9-13-21(28)14-10-20;/h4-16,23,33H,17H2,1-3H3,(H,29,34)(H,30,31,32);1H. The summed E-state index contributed by atoms with van der Waals surface area (Å²) in [6.45, 7) is 6.35. The van der Waals surface area contributed by atoms with Crippen LogP contribution in [0.4, 0.5) is 4.39 Å². The molecule has 1 aromatic heterocycles. The molecule has 8 heteroatoms. The molecule has 0 radical (unpaired) electrons. The van der Waals surface area contributed by atoms with Crippen molar-refractivity contribution in [2.45, 2.75) is 43.7 Å². The van der Waals surface area contributed by atoms with Gasteiger partial charge in [0.25, 0.3) is 5.91 Å². The van der Waals surface area contributed by atoms with Crippen LogP contribution in [0.15, 0.2) is 83.8 Å². The van der Waals surface area contributed by atoms with Crippen molar-refractivity contribution in [1.82, 2.24) is 25.2 Å². The van der Waals surface area contributed by atoms with E-state index in [0.29, 0.717) is 23.6 Å². The van der Waals surface area contributed by atoms with Gasteiger partial charge in [0.1, 0.15) is 11.6 Å². The number of H-pyrrole nitrogens is 1. The van der Waals surface area contributed by atoms with Gasteiger partial charge in [0.05, 0.1) is 6.04 Å². The highest BCUT2D eigenvalue weighted by molar-refractivity contribution is 7.97. The molecule has 4 aromatic rings. The van der Waals surface area contributed by atoms with Gasteiger partial charge in [0.2, 0.25) is 0 Å². The van der Waals surface area contributed by atoms with E-state index in [9.17, 15) is 9.18 Å². The lowest BCUT2D eigenvalue weighted by molar-refractivity contribution is 0.0934. The van der Waals surface area contributed by atoms with Crippen molar-refractivity contribution < 1.29 is 10.6 Å². The molecule has 0 bridgehead atoms. The van der Waals surface area contributed by atoms with Gasteiger partial charge in [-0.2, -0.15) is 5.10 Å². The van der Waals surface area contributed by atoms with E-state index >= 15 is 0 Å². The average molecular weight is 492 g/mol. The second-order valence-electron chi connectivity index (χ2n) is 9.25. The Labute approximate surface area is 210 Å². The minimum atomic E-state index is -0.443. The maximum atomic E-state index is 13.3. The summed E-state index contributed by atoms with van der Waals surface area (Å²) in [5.74, 6) is 0.402. The van der Waals surface area contributed by atoms with Crippen molar-refractivity contribution in [2.24, 2.45) is 0 Å². The monoisotopic (exact) mass is 491 g/mol. The van der Waals surface area contributed by atoms with Gasteiger partial charge in [-0.15, -0.1) is 0 Å². The first-order valence-electron chi connectivity index (χ1n) is 11.3. The molecule has 6 nitrogen and oxygen atoms in total. The molecule has 1 heterocycles. The number of halogens is 1. The second-order valence-corrected chi connectivity index (χ2v) is 10.1. The van der Waals surface area contributed by atoms with Crippen molar-refractivity contribution in [3.63, 3.8) is 0 Å². The Kier molecular flexibility index (Phi) is 7.63. The number of hydrogen-bond acceptors (Lipinski definition) is 5. The van der Waals surface area contributed by atoms with Crippen molar-refractivity contribution in [2.75, 3.05) is 0 Å². The van der Waals surface area contributed by atoms with Crippen LogP contribution in [0.25, 0.3) is 11.4 Å². The fourth-order valence-corrected chi connectivity index (χ4v) is 4.05. The molecule has 0 fully saturated rings. The number of carbonyl (C=O) groups excluding carboxylic acids is 1. The van der Waals surface area contributed by atoms with Gasteiger partial charge in [-0.25, -0.2) is 9.37 Å². The Hall–Kier alpha value is -3.49. The highest BCUT2D eigenvalue weighted by Crippen LogP contribution is 2.24. The van der Waals surface area contributed by atoms with Crippen LogP contribution in [0.3, 0.4) is 0 Å². The number of benzene rings is 3. The Morgan fingerprint density at radius 1 is 1.03 bits per heavy atom. The minimum absolute atomic E-state index is 0. The molecular formula is C27H30FN5OS. The molecule has 35 heavy (non-hydrogen) atoms. The molecule has 0 saturated heterocycles. The second kappa shape index (κ2) is 10.8.